The summed E-state index contributed by atoms with van der Waals surface area (Å²) in [5.41, 5.74) is 0. The molecule has 0 aromatic rings. The number of hydrogen-bond acceptors (Lipinski definition) is 6. The van der Waals surface area contributed by atoms with E-state index in [0.717, 1.165) is 6.08 Å². The molecular formula is C9H15NO5S. The van der Waals surface area contributed by atoms with Crippen molar-refractivity contribution >= 4 is 16.2 Å². The van der Waals surface area contributed by atoms with Crippen molar-refractivity contribution in [3.63, 3.8) is 0 Å². The summed E-state index contributed by atoms with van der Waals surface area (Å²) < 4.78 is 26.7. The van der Waals surface area contributed by atoms with Gasteiger partial charge in [-0.05, 0) is 18.9 Å². The first-order valence-corrected chi connectivity index (χ1v) is 6.35. The standard InChI is InChI=1S/C9H15NO5S/c1-2-9(12)15-16(13,14)7-5-3-4-6-10-8-11/h2,9,12H,1,3-7H2. The second kappa shape index (κ2) is 8.18. The number of aliphatic imine (C=N–C) groups is 1. The minimum absolute atomic E-state index is 0.178. The lowest BCUT2D eigenvalue weighted by Gasteiger charge is -2.07. The van der Waals surface area contributed by atoms with Crippen molar-refractivity contribution in [3.05, 3.63) is 12.7 Å². The largest absolute Gasteiger partial charge is 0.364 e. The maximum absolute atomic E-state index is 11.2. The highest BCUT2D eigenvalue weighted by Crippen LogP contribution is 2.04. The number of unbranched alkanes of at least 4 members (excludes halogenated alkanes) is 2. The van der Waals surface area contributed by atoms with Gasteiger partial charge in [-0.2, -0.15) is 8.42 Å². The summed E-state index contributed by atoms with van der Waals surface area (Å²) in [5, 5.41) is 8.89. The van der Waals surface area contributed by atoms with E-state index in [1.54, 1.807) is 0 Å². The zero-order chi connectivity index (χ0) is 12.4. The van der Waals surface area contributed by atoms with E-state index in [1.807, 2.05) is 0 Å². The molecule has 0 aliphatic rings. The van der Waals surface area contributed by atoms with Crippen LogP contribution in [0.5, 0.6) is 0 Å². The number of isocyanates is 1. The van der Waals surface area contributed by atoms with Gasteiger partial charge in [-0.1, -0.05) is 13.0 Å². The third-order valence-electron chi connectivity index (χ3n) is 1.68. The SMILES string of the molecule is C=CC(O)OS(=O)(=O)CCCCCN=C=O. The molecule has 0 radical (unpaired) electrons. The quantitative estimate of drug-likeness (QED) is 0.159. The second-order valence-electron chi connectivity index (χ2n) is 3.02. The molecule has 1 unspecified atom stereocenters. The van der Waals surface area contributed by atoms with Gasteiger partial charge in [0.1, 0.15) is 0 Å². The van der Waals surface area contributed by atoms with E-state index in [2.05, 4.69) is 15.8 Å². The van der Waals surface area contributed by atoms with E-state index >= 15 is 0 Å². The van der Waals surface area contributed by atoms with Crippen molar-refractivity contribution in [1.29, 1.82) is 0 Å². The number of hydrogen-bond donors (Lipinski definition) is 1. The molecule has 0 rings (SSSR count). The molecule has 7 heteroatoms. The molecule has 0 aromatic heterocycles. The highest BCUT2D eigenvalue weighted by atomic mass is 32.2. The maximum atomic E-state index is 11.2. The maximum Gasteiger partial charge on any atom is 0.270 e. The summed E-state index contributed by atoms with van der Waals surface area (Å²) in [5.74, 6) is -0.178. The van der Waals surface area contributed by atoms with E-state index < -0.39 is 16.4 Å². The molecule has 0 bridgehead atoms. The molecule has 0 saturated carbocycles. The fraction of sp³-hybridized carbons (Fsp3) is 0.667. The summed E-state index contributed by atoms with van der Waals surface area (Å²) >= 11 is 0. The van der Waals surface area contributed by atoms with Crippen LogP contribution < -0.4 is 0 Å². The zero-order valence-electron chi connectivity index (χ0n) is 8.83. The van der Waals surface area contributed by atoms with E-state index in [-0.39, 0.29) is 5.75 Å². The van der Waals surface area contributed by atoms with Gasteiger partial charge >= 0.3 is 0 Å². The molecule has 1 atom stereocenters. The van der Waals surface area contributed by atoms with E-state index in [1.165, 1.54) is 6.08 Å². The molecule has 6 nitrogen and oxygen atoms in total. The fourth-order valence-electron chi connectivity index (χ4n) is 0.930. The third-order valence-corrected chi connectivity index (χ3v) is 2.95. The molecule has 0 aliphatic heterocycles. The van der Waals surface area contributed by atoms with Crippen molar-refractivity contribution in [3.8, 4) is 0 Å². The van der Waals surface area contributed by atoms with Crippen molar-refractivity contribution in [2.75, 3.05) is 12.3 Å². The highest BCUT2D eigenvalue weighted by Gasteiger charge is 2.14. The Morgan fingerprint density at radius 3 is 2.69 bits per heavy atom. The molecule has 0 fully saturated rings. The van der Waals surface area contributed by atoms with Crippen LogP contribution in [0.15, 0.2) is 17.6 Å². The van der Waals surface area contributed by atoms with Gasteiger partial charge in [0.15, 0.2) is 6.29 Å². The van der Waals surface area contributed by atoms with Crippen LogP contribution in [0.3, 0.4) is 0 Å². The van der Waals surface area contributed by atoms with Gasteiger partial charge in [-0.15, -0.1) is 0 Å². The van der Waals surface area contributed by atoms with Crippen molar-refractivity contribution < 1.29 is 22.5 Å². The molecule has 0 aromatic carbocycles. The molecule has 0 spiro atoms. The minimum atomic E-state index is -3.71. The summed E-state index contributed by atoms with van der Waals surface area (Å²) in [4.78, 5) is 13.0. The van der Waals surface area contributed by atoms with Crippen molar-refractivity contribution in [2.24, 2.45) is 4.99 Å². The Morgan fingerprint density at radius 1 is 1.44 bits per heavy atom. The van der Waals surface area contributed by atoms with Crippen molar-refractivity contribution in [1.82, 2.24) is 0 Å². The second-order valence-corrected chi connectivity index (χ2v) is 4.73. The summed E-state index contributed by atoms with van der Waals surface area (Å²) in [6.45, 7) is 3.53. The van der Waals surface area contributed by atoms with E-state index in [4.69, 9.17) is 5.11 Å². The number of aliphatic hydroxyl groups excluding tert-OH is 1. The Hall–Kier alpha value is -1.01. The van der Waals surface area contributed by atoms with Gasteiger partial charge in [0.25, 0.3) is 10.1 Å². The van der Waals surface area contributed by atoms with Crippen LogP contribution in [0.25, 0.3) is 0 Å². The average molecular weight is 249 g/mol. The van der Waals surface area contributed by atoms with Crippen LogP contribution in [0.1, 0.15) is 19.3 Å². The highest BCUT2D eigenvalue weighted by molar-refractivity contribution is 7.86. The molecule has 0 amide bonds. The van der Waals surface area contributed by atoms with Crippen LogP contribution in [0.2, 0.25) is 0 Å². The lowest BCUT2D eigenvalue weighted by molar-refractivity contribution is 0.0310. The van der Waals surface area contributed by atoms with Crippen LogP contribution in [-0.2, 0) is 19.1 Å². The molecule has 0 aliphatic carbocycles. The lowest BCUT2D eigenvalue weighted by atomic mass is 10.2. The third kappa shape index (κ3) is 8.31. The predicted octanol–water partition coefficient (Wildman–Crippen LogP) is 0.343. The Bertz CT molecular complexity index is 345. The molecule has 0 heterocycles. The minimum Gasteiger partial charge on any atom is -0.364 e. The van der Waals surface area contributed by atoms with E-state index in [9.17, 15) is 13.2 Å². The van der Waals surface area contributed by atoms with Crippen LogP contribution in [0.4, 0.5) is 0 Å². The molecule has 1 N–H and O–H groups in total. The van der Waals surface area contributed by atoms with E-state index in [0.29, 0.717) is 25.8 Å². The molecular weight excluding hydrogens is 234 g/mol. The number of nitrogens with zero attached hydrogens (tertiary/aromatic N) is 1. The van der Waals surface area contributed by atoms with Gasteiger partial charge in [-0.25, -0.2) is 14.0 Å². The first-order valence-electron chi connectivity index (χ1n) is 4.77. The normalized spacial score (nSPS) is 12.8. The van der Waals surface area contributed by atoms with Gasteiger partial charge in [0.2, 0.25) is 6.08 Å². The first-order chi connectivity index (χ1) is 7.52. The Balaban J connectivity index is 3.74. The topological polar surface area (TPSA) is 93.0 Å². The lowest BCUT2D eigenvalue weighted by Crippen LogP contribution is -2.18. The molecule has 92 valence electrons. The fourth-order valence-corrected chi connectivity index (χ4v) is 1.96. The van der Waals surface area contributed by atoms with Gasteiger partial charge < -0.3 is 5.11 Å². The van der Waals surface area contributed by atoms with Crippen LogP contribution in [-0.4, -0.2) is 38.2 Å². The zero-order valence-corrected chi connectivity index (χ0v) is 9.65. The Labute approximate surface area is 94.8 Å². The predicted molar refractivity (Wildman–Crippen MR) is 57.9 cm³/mol. The smallest absolute Gasteiger partial charge is 0.270 e. The molecule has 16 heavy (non-hydrogen) atoms. The number of aliphatic hydroxyl groups is 1. The molecule has 0 saturated heterocycles. The van der Waals surface area contributed by atoms with Gasteiger partial charge in [-0.3, -0.25) is 0 Å². The summed E-state index contributed by atoms with van der Waals surface area (Å²) in [6.07, 6.45) is 2.50. The Kier molecular flexibility index (Phi) is 7.66. The van der Waals surface area contributed by atoms with Crippen LogP contribution >= 0.6 is 0 Å². The first kappa shape index (κ1) is 15.0. The number of rotatable bonds is 9. The average Bonchev–Trinajstić information content (AvgIpc) is 2.22. The summed E-state index contributed by atoms with van der Waals surface area (Å²) in [7, 11) is -3.71. The van der Waals surface area contributed by atoms with Gasteiger partial charge in [0, 0.05) is 0 Å². The monoisotopic (exact) mass is 249 g/mol. The van der Waals surface area contributed by atoms with Gasteiger partial charge in [0.05, 0.1) is 12.3 Å². The van der Waals surface area contributed by atoms with Crippen LogP contribution in [0, 0.1) is 0 Å². The Morgan fingerprint density at radius 2 is 2.12 bits per heavy atom. The summed E-state index contributed by atoms with van der Waals surface area (Å²) in [6, 6.07) is 0. The number of carbonyl (C=O) groups excluding carboxylic acids is 1. The van der Waals surface area contributed by atoms with Crippen molar-refractivity contribution in [2.45, 2.75) is 25.6 Å².